The molecular weight excluding hydrogens is 404 g/mol. The van der Waals surface area contributed by atoms with Crippen molar-refractivity contribution in [3.8, 4) is 11.5 Å². The van der Waals surface area contributed by atoms with Crippen LogP contribution in [0.15, 0.2) is 47.3 Å². The molecule has 0 saturated carbocycles. The van der Waals surface area contributed by atoms with Crippen molar-refractivity contribution in [2.75, 3.05) is 32.8 Å². The number of piperidine rings is 1. The van der Waals surface area contributed by atoms with Crippen LogP contribution in [0.1, 0.15) is 24.1 Å². The van der Waals surface area contributed by atoms with Gasteiger partial charge in [-0.15, -0.1) is 0 Å². The van der Waals surface area contributed by atoms with Gasteiger partial charge < -0.3 is 19.7 Å². The van der Waals surface area contributed by atoms with Gasteiger partial charge in [-0.05, 0) is 68.8 Å². The molecule has 0 spiro atoms. The van der Waals surface area contributed by atoms with E-state index in [1.165, 1.54) is 5.56 Å². The minimum absolute atomic E-state index is 0.0200. The fraction of sp³-hybridized carbons (Fsp3) is 0.440. The molecule has 2 aliphatic heterocycles. The SMILES string of the molecule is Cc1ccc2ccc(=O)n(CCN3CCC(NCc4ccc5c(c4)OCCO5)CC3)c2n1. The van der Waals surface area contributed by atoms with Crippen LogP contribution in [0.2, 0.25) is 0 Å². The topological polar surface area (TPSA) is 68.6 Å². The van der Waals surface area contributed by atoms with Crippen molar-refractivity contribution < 1.29 is 9.47 Å². The molecule has 0 radical (unpaired) electrons. The predicted octanol–water partition coefficient (Wildman–Crippen LogP) is 2.73. The summed E-state index contributed by atoms with van der Waals surface area (Å²) < 4.78 is 13.1. The Morgan fingerprint density at radius 2 is 1.78 bits per heavy atom. The van der Waals surface area contributed by atoms with Crippen LogP contribution in [0.4, 0.5) is 0 Å². The molecule has 168 valence electrons. The Morgan fingerprint density at radius 3 is 2.62 bits per heavy atom. The summed E-state index contributed by atoms with van der Waals surface area (Å²) >= 11 is 0. The van der Waals surface area contributed by atoms with Crippen LogP contribution in [0, 0.1) is 6.92 Å². The number of nitrogens with one attached hydrogen (secondary N) is 1. The molecule has 7 nitrogen and oxygen atoms in total. The quantitative estimate of drug-likeness (QED) is 0.644. The van der Waals surface area contributed by atoms with Gasteiger partial charge in [0.1, 0.15) is 18.9 Å². The third-order valence-corrected chi connectivity index (χ3v) is 6.40. The number of nitrogens with zero attached hydrogens (tertiary/aromatic N) is 3. The molecule has 3 aromatic rings. The smallest absolute Gasteiger partial charge is 0.252 e. The molecule has 0 atom stereocenters. The van der Waals surface area contributed by atoms with E-state index in [-0.39, 0.29) is 5.56 Å². The lowest BCUT2D eigenvalue weighted by molar-refractivity contribution is 0.171. The van der Waals surface area contributed by atoms with Gasteiger partial charge in [-0.2, -0.15) is 0 Å². The second kappa shape index (κ2) is 9.30. The fourth-order valence-electron chi connectivity index (χ4n) is 4.53. The molecule has 7 heteroatoms. The number of aromatic nitrogens is 2. The minimum Gasteiger partial charge on any atom is -0.486 e. The molecule has 0 unspecified atom stereocenters. The number of benzene rings is 1. The summed E-state index contributed by atoms with van der Waals surface area (Å²) in [5.41, 5.74) is 2.96. The molecule has 1 saturated heterocycles. The maximum Gasteiger partial charge on any atom is 0.252 e. The van der Waals surface area contributed by atoms with E-state index in [4.69, 9.17) is 9.47 Å². The highest BCUT2D eigenvalue weighted by molar-refractivity contribution is 5.74. The van der Waals surface area contributed by atoms with Gasteiger partial charge in [-0.25, -0.2) is 4.98 Å². The van der Waals surface area contributed by atoms with Crippen LogP contribution in [-0.4, -0.2) is 53.3 Å². The Morgan fingerprint density at radius 1 is 1.00 bits per heavy atom. The third kappa shape index (κ3) is 4.64. The van der Waals surface area contributed by atoms with Crippen molar-refractivity contribution in [2.24, 2.45) is 0 Å². The zero-order chi connectivity index (χ0) is 21.9. The number of rotatable bonds is 6. The zero-order valence-electron chi connectivity index (χ0n) is 18.5. The molecule has 0 amide bonds. The molecule has 2 aliphatic rings. The van der Waals surface area contributed by atoms with Crippen LogP contribution in [0.3, 0.4) is 0 Å². The molecule has 4 heterocycles. The van der Waals surface area contributed by atoms with Crippen LogP contribution in [0.25, 0.3) is 11.0 Å². The Bertz CT molecular complexity index is 1150. The molecule has 0 aliphatic carbocycles. The lowest BCUT2D eigenvalue weighted by Gasteiger charge is -2.32. The van der Waals surface area contributed by atoms with E-state index in [2.05, 4.69) is 27.3 Å². The summed E-state index contributed by atoms with van der Waals surface area (Å²) in [6.07, 6.45) is 2.21. The molecular formula is C25H30N4O3. The summed E-state index contributed by atoms with van der Waals surface area (Å²) in [5, 5.41) is 4.70. The average molecular weight is 435 g/mol. The number of likely N-dealkylation sites (tertiary alicyclic amines) is 1. The Labute approximate surface area is 188 Å². The average Bonchev–Trinajstić information content (AvgIpc) is 2.82. The van der Waals surface area contributed by atoms with E-state index >= 15 is 0 Å². The number of hydrogen-bond acceptors (Lipinski definition) is 6. The highest BCUT2D eigenvalue weighted by Crippen LogP contribution is 2.30. The van der Waals surface area contributed by atoms with Crippen molar-refractivity contribution in [3.05, 3.63) is 64.1 Å². The van der Waals surface area contributed by atoms with Gasteiger partial charge in [0.25, 0.3) is 5.56 Å². The normalized spacial score (nSPS) is 17.0. The third-order valence-electron chi connectivity index (χ3n) is 6.40. The molecule has 1 fully saturated rings. The first kappa shape index (κ1) is 21.0. The van der Waals surface area contributed by atoms with Crippen molar-refractivity contribution >= 4 is 11.0 Å². The van der Waals surface area contributed by atoms with Gasteiger partial charge >= 0.3 is 0 Å². The van der Waals surface area contributed by atoms with Crippen molar-refractivity contribution in [2.45, 2.75) is 38.9 Å². The van der Waals surface area contributed by atoms with E-state index in [0.717, 1.165) is 67.2 Å². The number of aryl methyl sites for hydroxylation is 1. The van der Waals surface area contributed by atoms with Gasteiger partial charge in [0, 0.05) is 42.8 Å². The highest BCUT2D eigenvalue weighted by Gasteiger charge is 2.19. The van der Waals surface area contributed by atoms with Crippen LogP contribution >= 0.6 is 0 Å². The van der Waals surface area contributed by atoms with Crippen LogP contribution in [0.5, 0.6) is 11.5 Å². The van der Waals surface area contributed by atoms with Crippen LogP contribution in [-0.2, 0) is 13.1 Å². The van der Waals surface area contributed by atoms with Gasteiger partial charge in [0.05, 0.1) is 0 Å². The summed E-state index contributed by atoms with van der Waals surface area (Å²) in [4.78, 5) is 19.5. The number of fused-ring (bicyclic) bond motifs is 2. The molecule has 5 rings (SSSR count). The predicted molar refractivity (Wildman–Crippen MR) is 124 cm³/mol. The maximum atomic E-state index is 12.5. The monoisotopic (exact) mass is 434 g/mol. The van der Waals surface area contributed by atoms with Gasteiger partial charge in [0.15, 0.2) is 11.5 Å². The fourth-order valence-corrected chi connectivity index (χ4v) is 4.53. The zero-order valence-corrected chi connectivity index (χ0v) is 18.5. The summed E-state index contributed by atoms with van der Waals surface area (Å²) in [7, 11) is 0. The lowest BCUT2D eigenvalue weighted by Crippen LogP contribution is -2.43. The van der Waals surface area contributed by atoms with E-state index < -0.39 is 0 Å². The largest absolute Gasteiger partial charge is 0.486 e. The summed E-state index contributed by atoms with van der Waals surface area (Å²) in [6, 6.07) is 14.2. The highest BCUT2D eigenvalue weighted by atomic mass is 16.6. The lowest BCUT2D eigenvalue weighted by atomic mass is 10.0. The number of ether oxygens (including phenoxy) is 2. The summed E-state index contributed by atoms with van der Waals surface area (Å²) in [6.45, 7) is 7.63. The van der Waals surface area contributed by atoms with E-state index in [9.17, 15) is 4.79 Å². The molecule has 1 N–H and O–H groups in total. The Kier molecular flexibility index (Phi) is 6.10. The standard InChI is InChI=1S/C25H30N4O3/c1-18-2-4-20-5-7-24(30)29(25(20)27-18)13-12-28-10-8-21(9-11-28)26-17-19-3-6-22-23(16-19)32-15-14-31-22/h2-7,16,21,26H,8-15,17H2,1H3. The minimum atomic E-state index is 0.0200. The molecule has 2 aromatic heterocycles. The van der Waals surface area contributed by atoms with Gasteiger partial charge in [-0.1, -0.05) is 6.07 Å². The van der Waals surface area contributed by atoms with Crippen molar-refractivity contribution in [1.82, 2.24) is 19.8 Å². The first-order valence-corrected chi connectivity index (χ1v) is 11.5. The van der Waals surface area contributed by atoms with Crippen LogP contribution < -0.4 is 20.3 Å². The number of pyridine rings is 2. The summed E-state index contributed by atoms with van der Waals surface area (Å²) in [5.74, 6) is 1.68. The second-order valence-corrected chi connectivity index (χ2v) is 8.66. The second-order valence-electron chi connectivity index (χ2n) is 8.66. The molecule has 0 bridgehead atoms. The number of hydrogen-bond donors (Lipinski definition) is 1. The molecule has 1 aromatic carbocycles. The Hall–Kier alpha value is -2.90. The van der Waals surface area contributed by atoms with Gasteiger partial charge in [0.2, 0.25) is 0 Å². The molecule has 32 heavy (non-hydrogen) atoms. The first-order valence-electron chi connectivity index (χ1n) is 11.5. The van der Waals surface area contributed by atoms with Crippen molar-refractivity contribution in [1.29, 1.82) is 0 Å². The van der Waals surface area contributed by atoms with E-state index in [1.54, 1.807) is 6.07 Å². The maximum absolute atomic E-state index is 12.5. The van der Waals surface area contributed by atoms with Gasteiger partial charge in [-0.3, -0.25) is 9.36 Å². The first-order chi connectivity index (χ1) is 15.7. The van der Waals surface area contributed by atoms with E-state index in [0.29, 0.717) is 25.8 Å². The Balaban J connectivity index is 1.13. The van der Waals surface area contributed by atoms with Crippen molar-refractivity contribution in [3.63, 3.8) is 0 Å². The van der Waals surface area contributed by atoms with E-state index in [1.807, 2.05) is 35.8 Å².